The highest BCUT2D eigenvalue weighted by atomic mass is 19.3. The predicted molar refractivity (Wildman–Crippen MR) is 97.5 cm³/mol. The van der Waals surface area contributed by atoms with Crippen LogP contribution in [0.1, 0.15) is 71.1 Å². The van der Waals surface area contributed by atoms with Gasteiger partial charge in [-0.15, -0.1) is 0 Å². The lowest BCUT2D eigenvalue weighted by Gasteiger charge is -2.27. The molecule has 0 aromatic heterocycles. The average molecular weight is 368 g/mol. The minimum absolute atomic E-state index is 0.0525. The van der Waals surface area contributed by atoms with Gasteiger partial charge in [-0.2, -0.15) is 8.78 Å². The molecule has 0 bridgehead atoms. The fraction of sp³-hybridized carbons (Fsp3) is 0.667. The van der Waals surface area contributed by atoms with E-state index in [2.05, 4.69) is 11.7 Å². The number of alkyl halides is 2. The number of carbonyl (C=O) groups is 1. The number of rotatable bonds is 10. The van der Waals surface area contributed by atoms with Crippen LogP contribution in [0.5, 0.6) is 11.5 Å². The van der Waals surface area contributed by atoms with Crippen molar-refractivity contribution in [2.24, 2.45) is 11.8 Å². The van der Waals surface area contributed by atoms with Crippen LogP contribution >= 0.6 is 0 Å². The van der Waals surface area contributed by atoms with Crippen molar-refractivity contribution in [3.63, 3.8) is 0 Å². The Morgan fingerprint density at radius 2 is 1.62 bits per heavy atom. The zero-order chi connectivity index (χ0) is 18.8. The summed E-state index contributed by atoms with van der Waals surface area (Å²) in [5, 5.41) is 0. The van der Waals surface area contributed by atoms with Crippen molar-refractivity contribution in [3.8, 4) is 11.5 Å². The Morgan fingerprint density at radius 1 is 1.00 bits per heavy atom. The SMILES string of the molecule is CCCCCCCC1CCC(C(=O)Oc2ccc(OC(F)F)cc2)CC1. The molecule has 3 nitrogen and oxygen atoms in total. The third-order valence-corrected chi connectivity index (χ3v) is 5.16. The van der Waals surface area contributed by atoms with Crippen molar-refractivity contribution in [1.29, 1.82) is 0 Å². The second kappa shape index (κ2) is 11.1. The van der Waals surface area contributed by atoms with Crippen molar-refractivity contribution >= 4 is 5.97 Å². The van der Waals surface area contributed by atoms with E-state index >= 15 is 0 Å². The number of esters is 1. The molecular formula is C21H30F2O3. The first-order valence-electron chi connectivity index (χ1n) is 9.85. The largest absolute Gasteiger partial charge is 0.435 e. The topological polar surface area (TPSA) is 35.5 Å². The van der Waals surface area contributed by atoms with Crippen molar-refractivity contribution in [3.05, 3.63) is 24.3 Å². The Balaban J connectivity index is 1.68. The zero-order valence-electron chi connectivity index (χ0n) is 15.6. The Kier molecular flexibility index (Phi) is 8.86. The van der Waals surface area contributed by atoms with Crippen LogP contribution in [-0.4, -0.2) is 12.6 Å². The molecule has 0 N–H and O–H groups in total. The first kappa shape index (κ1) is 20.7. The van der Waals surface area contributed by atoms with E-state index in [1.54, 1.807) is 0 Å². The Hall–Kier alpha value is -1.65. The van der Waals surface area contributed by atoms with Crippen molar-refractivity contribution < 1.29 is 23.0 Å². The van der Waals surface area contributed by atoms with Crippen molar-refractivity contribution in [2.45, 2.75) is 77.7 Å². The van der Waals surface area contributed by atoms with Gasteiger partial charge in [-0.1, -0.05) is 45.4 Å². The quantitative estimate of drug-likeness (QED) is 0.274. The molecule has 0 atom stereocenters. The molecule has 0 heterocycles. The molecule has 0 amide bonds. The fourth-order valence-corrected chi connectivity index (χ4v) is 3.61. The lowest BCUT2D eigenvalue weighted by molar-refractivity contribution is -0.140. The third kappa shape index (κ3) is 7.30. The van der Waals surface area contributed by atoms with Gasteiger partial charge in [-0.25, -0.2) is 0 Å². The van der Waals surface area contributed by atoms with E-state index in [9.17, 15) is 13.6 Å². The highest BCUT2D eigenvalue weighted by Gasteiger charge is 2.27. The number of halogens is 2. The van der Waals surface area contributed by atoms with Crippen LogP contribution in [0.4, 0.5) is 8.78 Å². The molecule has 0 aliphatic heterocycles. The first-order chi connectivity index (χ1) is 12.6. The van der Waals surface area contributed by atoms with Gasteiger partial charge >= 0.3 is 12.6 Å². The number of unbranched alkanes of at least 4 members (excludes halogenated alkanes) is 4. The number of carbonyl (C=O) groups excluding carboxylic acids is 1. The molecule has 0 unspecified atom stereocenters. The van der Waals surface area contributed by atoms with Crippen LogP contribution in [-0.2, 0) is 4.79 Å². The van der Waals surface area contributed by atoms with Gasteiger partial charge in [0.05, 0.1) is 5.92 Å². The third-order valence-electron chi connectivity index (χ3n) is 5.16. The minimum atomic E-state index is -2.86. The summed E-state index contributed by atoms with van der Waals surface area (Å²) in [5.41, 5.74) is 0. The van der Waals surface area contributed by atoms with Gasteiger partial charge in [0, 0.05) is 0 Å². The highest BCUT2D eigenvalue weighted by Crippen LogP contribution is 2.33. The van der Waals surface area contributed by atoms with E-state index in [1.165, 1.54) is 62.8 Å². The standard InChI is InChI=1S/C21H30F2O3/c1-2-3-4-5-6-7-16-8-10-17(11-9-16)20(24)25-18-12-14-19(15-13-18)26-21(22)23/h12-17,21H,2-11H2,1H3. The van der Waals surface area contributed by atoms with Crippen LogP contribution in [0.25, 0.3) is 0 Å². The maximum Gasteiger partial charge on any atom is 0.387 e. The van der Waals surface area contributed by atoms with Gasteiger partial charge in [0.15, 0.2) is 0 Å². The summed E-state index contributed by atoms with van der Waals surface area (Å²) < 4.78 is 33.9. The smallest absolute Gasteiger partial charge is 0.387 e. The molecule has 146 valence electrons. The number of hydrogen-bond donors (Lipinski definition) is 0. The summed E-state index contributed by atoms with van der Waals surface area (Å²) in [6.45, 7) is -0.628. The van der Waals surface area contributed by atoms with Crippen molar-refractivity contribution in [2.75, 3.05) is 0 Å². The van der Waals surface area contributed by atoms with Gasteiger partial charge < -0.3 is 9.47 Å². The summed E-state index contributed by atoms with van der Waals surface area (Å²) in [7, 11) is 0. The van der Waals surface area contributed by atoms with E-state index in [4.69, 9.17) is 4.74 Å². The Labute approximate surface area is 155 Å². The summed E-state index contributed by atoms with van der Waals surface area (Å²) in [6.07, 6.45) is 11.8. The highest BCUT2D eigenvalue weighted by molar-refractivity contribution is 5.75. The molecule has 5 heteroatoms. The van der Waals surface area contributed by atoms with Crippen LogP contribution in [0.15, 0.2) is 24.3 Å². The summed E-state index contributed by atoms with van der Waals surface area (Å²) >= 11 is 0. The molecule has 2 rings (SSSR count). The minimum Gasteiger partial charge on any atom is -0.435 e. The Morgan fingerprint density at radius 3 is 2.23 bits per heavy atom. The fourth-order valence-electron chi connectivity index (χ4n) is 3.61. The van der Waals surface area contributed by atoms with Crippen LogP contribution < -0.4 is 9.47 Å². The molecule has 26 heavy (non-hydrogen) atoms. The van der Waals surface area contributed by atoms with Gasteiger partial charge in [-0.05, 0) is 55.9 Å². The normalized spacial score (nSPS) is 20.2. The van der Waals surface area contributed by atoms with E-state index < -0.39 is 6.61 Å². The summed E-state index contributed by atoms with van der Waals surface area (Å²) in [6, 6.07) is 5.73. The molecule has 1 saturated carbocycles. The van der Waals surface area contributed by atoms with Crippen LogP contribution in [0, 0.1) is 11.8 Å². The molecule has 1 aliphatic carbocycles. The van der Waals surface area contributed by atoms with E-state index in [-0.39, 0.29) is 17.6 Å². The van der Waals surface area contributed by atoms with Crippen LogP contribution in [0.3, 0.4) is 0 Å². The molecule has 0 saturated heterocycles. The molecule has 0 radical (unpaired) electrons. The molecule has 1 aromatic carbocycles. The average Bonchev–Trinajstić information content (AvgIpc) is 2.63. The number of benzene rings is 1. The van der Waals surface area contributed by atoms with Gasteiger partial charge in [0.25, 0.3) is 0 Å². The lowest BCUT2D eigenvalue weighted by atomic mass is 9.80. The van der Waals surface area contributed by atoms with Crippen LogP contribution in [0.2, 0.25) is 0 Å². The summed E-state index contributed by atoms with van der Waals surface area (Å²) in [5.74, 6) is 0.901. The molecule has 1 aliphatic rings. The second-order valence-corrected chi connectivity index (χ2v) is 7.19. The van der Waals surface area contributed by atoms with E-state index in [0.29, 0.717) is 5.75 Å². The molecule has 1 fully saturated rings. The van der Waals surface area contributed by atoms with E-state index in [1.807, 2.05) is 0 Å². The maximum absolute atomic E-state index is 12.3. The Bertz CT molecular complexity index is 523. The first-order valence-corrected chi connectivity index (χ1v) is 9.85. The second-order valence-electron chi connectivity index (χ2n) is 7.19. The zero-order valence-corrected chi connectivity index (χ0v) is 15.6. The summed E-state index contributed by atoms with van der Waals surface area (Å²) in [4.78, 5) is 12.3. The predicted octanol–water partition coefficient (Wildman–Crippen LogP) is 6.36. The number of hydrogen-bond acceptors (Lipinski definition) is 3. The monoisotopic (exact) mass is 368 g/mol. The van der Waals surface area contributed by atoms with Crippen molar-refractivity contribution in [1.82, 2.24) is 0 Å². The lowest BCUT2D eigenvalue weighted by Crippen LogP contribution is -2.25. The van der Waals surface area contributed by atoms with Gasteiger partial charge in [0.2, 0.25) is 0 Å². The van der Waals surface area contributed by atoms with Gasteiger partial charge in [-0.3, -0.25) is 4.79 Å². The molecule has 1 aromatic rings. The molecule has 0 spiro atoms. The van der Waals surface area contributed by atoms with E-state index in [0.717, 1.165) is 31.6 Å². The number of ether oxygens (including phenoxy) is 2. The molecular weight excluding hydrogens is 338 g/mol. The maximum atomic E-state index is 12.3. The van der Waals surface area contributed by atoms with Gasteiger partial charge in [0.1, 0.15) is 11.5 Å².